The summed E-state index contributed by atoms with van der Waals surface area (Å²) >= 11 is 0. The maximum atomic E-state index is 9.76. The molecule has 2 heteroatoms. The molecular formula is C10H22OSi. The Kier molecular flexibility index (Phi) is 5.50. The zero-order valence-corrected chi connectivity index (χ0v) is 9.64. The minimum absolute atomic E-state index is 0.530. The molecule has 0 aromatic heterocycles. The Bertz CT molecular complexity index is 126. The van der Waals surface area contributed by atoms with Gasteiger partial charge >= 0.3 is 0 Å². The number of rotatable bonds is 6. The molecular weight excluding hydrogens is 164 g/mol. The minimum atomic E-state index is -1.85. The Labute approximate surface area is 77.6 Å². The number of hydrogen-bond donors (Lipinski definition) is 1. The monoisotopic (exact) mass is 186 g/mol. The third-order valence-electron chi connectivity index (χ3n) is 2.50. The minimum Gasteiger partial charge on any atom is -0.432 e. The number of unbranched alkanes of at least 4 members (excludes halogenated alkanes) is 2. The van der Waals surface area contributed by atoms with Gasteiger partial charge in [-0.1, -0.05) is 25.8 Å². The van der Waals surface area contributed by atoms with Crippen LogP contribution in [0, 0.1) is 0 Å². The fourth-order valence-corrected chi connectivity index (χ4v) is 2.00. The lowest BCUT2D eigenvalue weighted by Crippen LogP contribution is -2.30. The first kappa shape index (κ1) is 11.9. The molecule has 0 rings (SSSR count). The summed E-state index contributed by atoms with van der Waals surface area (Å²) in [6.45, 7) is 9.89. The summed E-state index contributed by atoms with van der Waals surface area (Å²) in [6, 6.07) is 0. The van der Waals surface area contributed by atoms with Gasteiger partial charge in [-0.3, -0.25) is 0 Å². The van der Waals surface area contributed by atoms with Gasteiger partial charge in [0, 0.05) is 0 Å². The maximum absolute atomic E-state index is 9.76. The normalized spacial score (nSPS) is 14.3. The molecule has 0 saturated heterocycles. The molecule has 0 aliphatic heterocycles. The highest BCUT2D eigenvalue weighted by atomic mass is 28.4. The Morgan fingerprint density at radius 3 is 2.42 bits per heavy atom. The highest BCUT2D eigenvalue weighted by Crippen LogP contribution is 2.24. The van der Waals surface area contributed by atoms with E-state index >= 15 is 0 Å². The summed E-state index contributed by atoms with van der Waals surface area (Å²) in [5.74, 6) is 0. The van der Waals surface area contributed by atoms with Crippen molar-refractivity contribution in [3.05, 3.63) is 12.7 Å². The number of allylic oxidation sites excluding steroid dienone is 1. The van der Waals surface area contributed by atoms with Gasteiger partial charge in [0.25, 0.3) is 0 Å². The quantitative estimate of drug-likeness (QED) is 0.383. The van der Waals surface area contributed by atoms with Crippen LogP contribution in [0.5, 0.6) is 0 Å². The van der Waals surface area contributed by atoms with Gasteiger partial charge in [-0.05, 0) is 31.5 Å². The molecule has 12 heavy (non-hydrogen) atoms. The van der Waals surface area contributed by atoms with Gasteiger partial charge in [-0.2, -0.15) is 0 Å². The summed E-state index contributed by atoms with van der Waals surface area (Å²) in [4.78, 5) is 9.76. The molecule has 0 fully saturated rings. The molecule has 72 valence electrons. The second-order valence-corrected chi connectivity index (χ2v) is 8.42. The summed E-state index contributed by atoms with van der Waals surface area (Å²) in [5, 5.41) is 0. The molecule has 1 N–H and O–H groups in total. The van der Waals surface area contributed by atoms with Crippen LogP contribution in [0.3, 0.4) is 0 Å². The van der Waals surface area contributed by atoms with Crippen molar-refractivity contribution in [2.75, 3.05) is 0 Å². The smallest absolute Gasteiger partial charge is 0.185 e. The Morgan fingerprint density at radius 1 is 1.42 bits per heavy atom. The van der Waals surface area contributed by atoms with Crippen LogP contribution in [0.1, 0.15) is 32.6 Å². The highest BCUT2D eigenvalue weighted by Gasteiger charge is 2.24. The second kappa shape index (κ2) is 5.54. The molecule has 0 radical (unpaired) electrons. The van der Waals surface area contributed by atoms with E-state index in [0.29, 0.717) is 5.54 Å². The van der Waals surface area contributed by atoms with Gasteiger partial charge < -0.3 is 4.80 Å². The summed E-state index contributed by atoms with van der Waals surface area (Å²) in [5.41, 5.74) is 0.530. The lowest BCUT2D eigenvalue weighted by molar-refractivity contribution is 0.509. The van der Waals surface area contributed by atoms with Gasteiger partial charge in [0.15, 0.2) is 8.32 Å². The largest absolute Gasteiger partial charge is 0.432 e. The van der Waals surface area contributed by atoms with Crippen molar-refractivity contribution in [3.8, 4) is 0 Å². The number of hydrogen-bond acceptors (Lipinski definition) is 1. The van der Waals surface area contributed by atoms with Crippen LogP contribution < -0.4 is 0 Å². The SMILES string of the molecule is C=CCCCCC(C)[Si](C)(C)O. The Morgan fingerprint density at radius 2 is 2.00 bits per heavy atom. The molecule has 0 bridgehead atoms. The molecule has 0 aromatic carbocycles. The third-order valence-corrected chi connectivity index (χ3v) is 5.20. The standard InChI is InChI=1S/C10H22OSi/c1-5-6-7-8-9-10(2)12(3,4)11/h5,10-11H,1,6-9H2,2-4H3. The van der Waals surface area contributed by atoms with E-state index in [4.69, 9.17) is 0 Å². The van der Waals surface area contributed by atoms with Crippen molar-refractivity contribution in [3.63, 3.8) is 0 Å². The van der Waals surface area contributed by atoms with E-state index < -0.39 is 8.32 Å². The lowest BCUT2D eigenvalue weighted by atomic mass is 10.1. The van der Waals surface area contributed by atoms with Crippen molar-refractivity contribution < 1.29 is 4.80 Å². The van der Waals surface area contributed by atoms with E-state index in [1.807, 2.05) is 19.2 Å². The van der Waals surface area contributed by atoms with E-state index in [1.165, 1.54) is 19.3 Å². The molecule has 0 aliphatic carbocycles. The molecule has 0 amide bonds. The summed E-state index contributed by atoms with van der Waals surface area (Å²) in [6.07, 6.45) is 6.69. The molecule has 0 saturated carbocycles. The third kappa shape index (κ3) is 5.55. The molecule has 0 aromatic rings. The van der Waals surface area contributed by atoms with Crippen LogP contribution in [0.15, 0.2) is 12.7 Å². The molecule has 1 atom stereocenters. The van der Waals surface area contributed by atoms with Crippen LogP contribution >= 0.6 is 0 Å². The van der Waals surface area contributed by atoms with Crippen LogP contribution in [0.2, 0.25) is 18.6 Å². The fourth-order valence-electron chi connectivity index (χ4n) is 1.09. The van der Waals surface area contributed by atoms with E-state index in [2.05, 4.69) is 13.5 Å². The zero-order valence-electron chi connectivity index (χ0n) is 8.64. The average molecular weight is 186 g/mol. The van der Waals surface area contributed by atoms with Crippen molar-refractivity contribution >= 4 is 8.32 Å². The molecule has 1 nitrogen and oxygen atoms in total. The predicted octanol–water partition coefficient (Wildman–Crippen LogP) is 3.32. The van der Waals surface area contributed by atoms with E-state index in [0.717, 1.165) is 6.42 Å². The fraction of sp³-hybridized carbons (Fsp3) is 0.800. The van der Waals surface area contributed by atoms with E-state index in [1.54, 1.807) is 0 Å². The summed E-state index contributed by atoms with van der Waals surface area (Å²) in [7, 11) is -1.85. The van der Waals surface area contributed by atoms with Gasteiger partial charge in [0.2, 0.25) is 0 Å². The molecule has 0 heterocycles. The second-order valence-electron chi connectivity index (χ2n) is 4.13. The van der Waals surface area contributed by atoms with Crippen molar-refractivity contribution in [1.29, 1.82) is 0 Å². The van der Waals surface area contributed by atoms with Crippen LogP contribution in [0.4, 0.5) is 0 Å². The van der Waals surface area contributed by atoms with Crippen LogP contribution in [0.25, 0.3) is 0 Å². The van der Waals surface area contributed by atoms with Gasteiger partial charge in [0.05, 0.1) is 0 Å². The first-order valence-corrected chi connectivity index (χ1v) is 7.84. The van der Waals surface area contributed by atoms with Crippen molar-refractivity contribution in [1.82, 2.24) is 0 Å². The zero-order chi connectivity index (χ0) is 9.61. The molecule has 0 aliphatic rings. The highest BCUT2D eigenvalue weighted by molar-refractivity contribution is 6.71. The van der Waals surface area contributed by atoms with Gasteiger partial charge in [-0.15, -0.1) is 6.58 Å². The van der Waals surface area contributed by atoms with Crippen molar-refractivity contribution in [2.24, 2.45) is 0 Å². The molecule has 0 spiro atoms. The predicted molar refractivity (Wildman–Crippen MR) is 57.8 cm³/mol. The van der Waals surface area contributed by atoms with Crippen molar-refractivity contribution in [2.45, 2.75) is 51.2 Å². The van der Waals surface area contributed by atoms with E-state index in [9.17, 15) is 4.80 Å². The maximum Gasteiger partial charge on any atom is 0.185 e. The first-order valence-electron chi connectivity index (χ1n) is 4.81. The first-order chi connectivity index (χ1) is 5.48. The van der Waals surface area contributed by atoms with Crippen LogP contribution in [-0.2, 0) is 0 Å². The van der Waals surface area contributed by atoms with Gasteiger partial charge in [-0.25, -0.2) is 0 Å². The Hall–Kier alpha value is -0.0831. The lowest BCUT2D eigenvalue weighted by Gasteiger charge is -2.22. The van der Waals surface area contributed by atoms with Crippen LogP contribution in [-0.4, -0.2) is 13.1 Å². The Balaban J connectivity index is 3.44. The average Bonchev–Trinajstić information content (AvgIpc) is 1.96. The topological polar surface area (TPSA) is 20.2 Å². The molecule has 1 unspecified atom stereocenters. The van der Waals surface area contributed by atoms with Gasteiger partial charge in [0.1, 0.15) is 0 Å². The van der Waals surface area contributed by atoms with E-state index in [-0.39, 0.29) is 0 Å². The summed E-state index contributed by atoms with van der Waals surface area (Å²) < 4.78 is 0.